The smallest absolute Gasteiger partial charge is 0.410 e. The first-order valence-corrected chi connectivity index (χ1v) is 8.54. The fourth-order valence-corrected chi connectivity index (χ4v) is 3.22. The predicted molar refractivity (Wildman–Crippen MR) is 91.4 cm³/mol. The van der Waals surface area contributed by atoms with Crippen LogP contribution < -0.4 is 0 Å². The normalized spacial score (nSPS) is 18.9. The minimum Gasteiger partial charge on any atom is -0.444 e. The minimum atomic E-state index is -0.514. The highest BCUT2D eigenvalue weighted by molar-refractivity contribution is 6.35. The van der Waals surface area contributed by atoms with E-state index in [1.54, 1.807) is 11.2 Å². The summed E-state index contributed by atoms with van der Waals surface area (Å²) in [6.07, 6.45) is 3.15. The zero-order valence-corrected chi connectivity index (χ0v) is 15.3. The molecule has 0 N–H and O–H groups in total. The largest absolute Gasteiger partial charge is 0.444 e. The van der Waals surface area contributed by atoms with Gasteiger partial charge in [0.15, 0.2) is 10.8 Å². The second-order valence-corrected chi connectivity index (χ2v) is 7.53. The van der Waals surface area contributed by atoms with Gasteiger partial charge in [-0.1, -0.05) is 11.6 Å². The Labute approximate surface area is 149 Å². The maximum Gasteiger partial charge on any atom is 0.410 e. The van der Waals surface area contributed by atoms with E-state index in [1.807, 2.05) is 25.3 Å². The van der Waals surface area contributed by atoms with E-state index in [0.717, 1.165) is 12.8 Å². The van der Waals surface area contributed by atoms with E-state index in [0.29, 0.717) is 24.3 Å². The van der Waals surface area contributed by atoms with Gasteiger partial charge in [0, 0.05) is 13.1 Å². The second-order valence-electron chi connectivity index (χ2n) is 6.83. The Morgan fingerprint density at radius 2 is 2.08 bits per heavy atom. The van der Waals surface area contributed by atoms with Gasteiger partial charge in [0.05, 0.1) is 12.4 Å². The molecule has 0 saturated carbocycles. The number of carbonyl (C=O) groups is 1. The lowest BCUT2D eigenvalue weighted by Gasteiger charge is -2.34. The number of hydrogen-bond donors (Lipinski definition) is 0. The van der Waals surface area contributed by atoms with Crippen LogP contribution in [-0.4, -0.2) is 49.2 Å². The van der Waals surface area contributed by atoms with E-state index in [9.17, 15) is 4.79 Å². The van der Waals surface area contributed by atoms with Crippen LogP contribution in [0, 0.1) is 0 Å². The fourth-order valence-electron chi connectivity index (χ4n) is 2.80. The number of carbonyl (C=O) groups excluding carboxylic acids is 1. The number of hydrogen-bond acceptors (Lipinski definition) is 5. The van der Waals surface area contributed by atoms with Crippen molar-refractivity contribution in [3.63, 3.8) is 0 Å². The number of imidazole rings is 1. The van der Waals surface area contributed by atoms with Gasteiger partial charge in [-0.3, -0.25) is 0 Å². The average molecular weight is 372 g/mol. The summed E-state index contributed by atoms with van der Waals surface area (Å²) in [5, 5.41) is 0.303. The summed E-state index contributed by atoms with van der Waals surface area (Å²) in [4.78, 5) is 26.4. The molecule has 0 spiro atoms. The average Bonchev–Trinajstić information content (AvgIpc) is 2.89. The minimum absolute atomic E-state index is 0.0401. The van der Waals surface area contributed by atoms with Crippen molar-refractivity contribution >= 4 is 40.5 Å². The van der Waals surface area contributed by atoms with E-state index in [4.69, 9.17) is 27.9 Å². The summed E-state index contributed by atoms with van der Waals surface area (Å²) in [5.41, 5.74) is 0.575. The summed E-state index contributed by atoms with van der Waals surface area (Å²) in [5.74, 6) is 0. The lowest BCUT2D eigenvalue weighted by molar-refractivity contribution is 0.0174. The molecule has 0 bridgehead atoms. The quantitative estimate of drug-likeness (QED) is 0.564. The molecule has 0 radical (unpaired) electrons. The highest BCUT2D eigenvalue weighted by atomic mass is 35.5. The predicted octanol–water partition coefficient (Wildman–Crippen LogP) is 3.71. The van der Waals surface area contributed by atoms with Crippen molar-refractivity contribution in [2.24, 2.45) is 0 Å². The molecule has 0 aliphatic carbocycles. The summed E-state index contributed by atoms with van der Waals surface area (Å²) < 4.78 is 7.37. The zero-order chi connectivity index (χ0) is 17.5. The third-order valence-corrected chi connectivity index (χ3v) is 4.23. The first kappa shape index (κ1) is 17.2. The number of halogens is 2. The van der Waals surface area contributed by atoms with Crippen molar-refractivity contribution in [2.75, 3.05) is 13.1 Å². The first-order chi connectivity index (χ1) is 11.2. The Bertz CT molecular complexity index is 771. The SMILES string of the molecule is CC(C)(C)OC(=O)N1CCCC(n2cnc3c(Cl)nc(Cl)nc32)C1. The van der Waals surface area contributed by atoms with Crippen LogP contribution in [0.2, 0.25) is 10.4 Å². The second kappa shape index (κ2) is 6.37. The van der Waals surface area contributed by atoms with Gasteiger partial charge in [-0.15, -0.1) is 0 Å². The Balaban J connectivity index is 1.84. The van der Waals surface area contributed by atoms with Crippen molar-refractivity contribution in [3.05, 3.63) is 16.8 Å². The van der Waals surface area contributed by atoms with Gasteiger partial charge in [-0.2, -0.15) is 4.98 Å². The Kier molecular flexibility index (Phi) is 4.57. The monoisotopic (exact) mass is 371 g/mol. The van der Waals surface area contributed by atoms with Crippen molar-refractivity contribution in [1.29, 1.82) is 0 Å². The van der Waals surface area contributed by atoms with Crippen LogP contribution in [0.1, 0.15) is 39.7 Å². The molecule has 1 saturated heterocycles. The van der Waals surface area contributed by atoms with Crippen LogP contribution in [0.5, 0.6) is 0 Å². The van der Waals surface area contributed by atoms with Gasteiger partial charge >= 0.3 is 6.09 Å². The van der Waals surface area contributed by atoms with Gasteiger partial charge < -0.3 is 14.2 Å². The van der Waals surface area contributed by atoms with Crippen molar-refractivity contribution < 1.29 is 9.53 Å². The summed E-state index contributed by atoms with van der Waals surface area (Å²) in [6.45, 7) is 6.78. The van der Waals surface area contributed by atoms with Crippen LogP contribution in [0.3, 0.4) is 0 Å². The van der Waals surface area contributed by atoms with Crippen LogP contribution in [-0.2, 0) is 4.74 Å². The molecule has 0 aromatic carbocycles. The van der Waals surface area contributed by atoms with Crippen LogP contribution in [0.25, 0.3) is 11.2 Å². The molecule has 7 nitrogen and oxygen atoms in total. The third kappa shape index (κ3) is 3.57. The fraction of sp³-hybridized carbons (Fsp3) is 0.600. The molecule has 3 heterocycles. The maximum atomic E-state index is 12.3. The number of amides is 1. The topological polar surface area (TPSA) is 73.1 Å². The van der Waals surface area contributed by atoms with Gasteiger partial charge in [0.2, 0.25) is 5.28 Å². The maximum absolute atomic E-state index is 12.3. The molecule has 3 rings (SSSR count). The highest BCUT2D eigenvalue weighted by Gasteiger charge is 2.29. The van der Waals surface area contributed by atoms with Gasteiger partial charge in [-0.05, 0) is 45.2 Å². The number of likely N-dealkylation sites (tertiary alicyclic amines) is 1. The molecule has 1 aliphatic heterocycles. The number of ether oxygens (including phenoxy) is 1. The number of fused-ring (bicyclic) bond motifs is 1. The highest BCUT2D eigenvalue weighted by Crippen LogP contribution is 2.28. The van der Waals surface area contributed by atoms with Crippen LogP contribution in [0.15, 0.2) is 6.33 Å². The van der Waals surface area contributed by atoms with E-state index in [2.05, 4.69) is 15.0 Å². The van der Waals surface area contributed by atoms with Crippen molar-refractivity contribution in [1.82, 2.24) is 24.4 Å². The molecule has 2 aromatic rings. The van der Waals surface area contributed by atoms with Crippen LogP contribution in [0.4, 0.5) is 4.79 Å². The molecule has 1 aliphatic rings. The Hall–Kier alpha value is -1.60. The van der Waals surface area contributed by atoms with Crippen molar-refractivity contribution in [3.8, 4) is 0 Å². The number of nitrogens with zero attached hydrogens (tertiary/aromatic N) is 5. The number of aromatic nitrogens is 4. The van der Waals surface area contributed by atoms with Crippen LogP contribution >= 0.6 is 23.2 Å². The van der Waals surface area contributed by atoms with E-state index >= 15 is 0 Å². The molecular weight excluding hydrogens is 353 g/mol. The van der Waals surface area contributed by atoms with E-state index < -0.39 is 5.60 Å². The molecule has 9 heteroatoms. The molecule has 24 heavy (non-hydrogen) atoms. The Morgan fingerprint density at radius 3 is 2.79 bits per heavy atom. The third-order valence-electron chi connectivity index (χ3n) is 3.79. The molecule has 1 atom stereocenters. The van der Waals surface area contributed by atoms with Gasteiger partial charge in [-0.25, -0.2) is 14.8 Å². The van der Waals surface area contributed by atoms with E-state index in [1.165, 1.54) is 0 Å². The molecule has 1 fully saturated rings. The summed E-state index contributed by atoms with van der Waals surface area (Å²) in [6, 6.07) is 0.0401. The molecule has 1 amide bonds. The van der Waals surface area contributed by atoms with E-state index in [-0.39, 0.29) is 22.6 Å². The van der Waals surface area contributed by atoms with Gasteiger partial charge in [0.25, 0.3) is 0 Å². The first-order valence-electron chi connectivity index (χ1n) is 7.78. The zero-order valence-electron chi connectivity index (χ0n) is 13.8. The molecule has 2 aromatic heterocycles. The summed E-state index contributed by atoms with van der Waals surface area (Å²) >= 11 is 12.0. The Morgan fingerprint density at radius 1 is 1.33 bits per heavy atom. The number of rotatable bonds is 1. The molecule has 1 unspecified atom stereocenters. The lowest BCUT2D eigenvalue weighted by atomic mass is 10.1. The molecule has 130 valence electrons. The standard InChI is InChI=1S/C15H19Cl2N5O2/c1-15(2,3)24-14(23)21-6-4-5-9(7-21)22-8-18-10-11(16)19-13(17)20-12(10)22/h8-9H,4-7H2,1-3H3. The number of piperidine rings is 1. The molecular formula is C15H19Cl2N5O2. The van der Waals surface area contributed by atoms with Gasteiger partial charge in [0.1, 0.15) is 11.1 Å². The van der Waals surface area contributed by atoms with Crippen molar-refractivity contribution in [2.45, 2.75) is 45.3 Å². The lowest BCUT2D eigenvalue weighted by Crippen LogP contribution is -2.43. The summed E-state index contributed by atoms with van der Waals surface area (Å²) in [7, 11) is 0.